The summed E-state index contributed by atoms with van der Waals surface area (Å²) in [5, 5.41) is 10.3. The second kappa shape index (κ2) is 7.91. The zero-order chi connectivity index (χ0) is 24.4. The Labute approximate surface area is 205 Å². The number of hydrogen-bond donors (Lipinski definition) is 0. The summed E-state index contributed by atoms with van der Waals surface area (Å²) in [5.74, 6) is -1.07. The molecule has 0 saturated carbocycles. The number of benzene rings is 2. The standard InChI is InChI=1S/C25H22ClFN6O2/c1-30-18-10-15(27)11-19-21(18)17(28-31(19)2)12-20(24(30)34)32-9-8-16-22(25(32)35)29-33(23(16)26)13-14-6-4-3-5-7-14/h3-7,10-11,20H,8-9,12-13H2,1-2H3/t20-/m0/s1. The molecule has 6 rings (SSSR count). The third-order valence-electron chi connectivity index (χ3n) is 6.93. The van der Waals surface area contributed by atoms with Gasteiger partial charge in [-0.3, -0.25) is 14.3 Å². The van der Waals surface area contributed by atoms with Crippen molar-refractivity contribution < 1.29 is 14.0 Å². The Morgan fingerprint density at radius 3 is 2.66 bits per heavy atom. The first-order valence-corrected chi connectivity index (χ1v) is 11.7. The highest BCUT2D eigenvalue weighted by Gasteiger charge is 2.41. The highest BCUT2D eigenvalue weighted by molar-refractivity contribution is 6.31. The van der Waals surface area contributed by atoms with Crippen molar-refractivity contribution in [3.05, 3.63) is 75.9 Å². The lowest BCUT2D eigenvalue weighted by molar-refractivity contribution is -0.122. The molecule has 2 aromatic carbocycles. The molecule has 0 N–H and O–H groups in total. The summed E-state index contributed by atoms with van der Waals surface area (Å²) in [7, 11) is 3.35. The van der Waals surface area contributed by atoms with Crippen LogP contribution >= 0.6 is 11.6 Å². The second-order valence-electron chi connectivity index (χ2n) is 9.02. The molecule has 0 saturated heterocycles. The van der Waals surface area contributed by atoms with Crippen molar-refractivity contribution in [2.24, 2.45) is 7.05 Å². The topological polar surface area (TPSA) is 76.3 Å². The first-order valence-electron chi connectivity index (χ1n) is 11.4. The molecule has 4 heterocycles. The van der Waals surface area contributed by atoms with Crippen molar-refractivity contribution in [3.63, 3.8) is 0 Å². The summed E-state index contributed by atoms with van der Waals surface area (Å²) in [4.78, 5) is 30.1. The fourth-order valence-corrected chi connectivity index (χ4v) is 5.46. The SMILES string of the molecule is CN1C(=O)[C@@H](N2CCc3c(nn(Cc4ccccc4)c3Cl)C2=O)Cc2nn(C)c3cc(F)cc1c23. The predicted molar refractivity (Wildman–Crippen MR) is 129 cm³/mol. The molecule has 0 aliphatic carbocycles. The average Bonchev–Trinajstić information content (AvgIpc) is 3.30. The third-order valence-corrected chi connectivity index (χ3v) is 7.36. The molecule has 1 atom stereocenters. The molecule has 0 fully saturated rings. The van der Waals surface area contributed by atoms with Gasteiger partial charge in [0.25, 0.3) is 5.91 Å². The van der Waals surface area contributed by atoms with E-state index in [0.717, 1.165) is 10.9 Å². The van der Waals surface area contributed by atoms with Crippen molar-refractivity contribution in [3.8, 4) is 0 Å². The number of fused-ring (bicyclic) bond motifs is 1. The average molecular weight is 493 g/mol. The number of amides is 2. The van der Waals surface area contributed by atoms with Crippen LogP contribution in [0.25, 0.3) is 10.9 Å². The summed E-state index contributed by atoms with van der Waals surface area (Å²) in [5.41, 5.74) is 3.70. The van der Waals surface area contributed by atoms with E-state index < -0.39 is 11.9 Å². The van der Waals surface area contributed by atoms with Gasteiger partial charge in [-0.2, -0.15) is 10.2 Å². The molecule has 0 radical (unpaired) electrons. The molecular weight excluding hydrogens is 471 g/mol. The Kier molecular flexibility index (Phi) is 4.93. The van der Waals surface area contributed by atoms with Crippen LogP contribution in [-0.4, -0.2) is 55.9 Å². The van der Waals surface area contributed by atoms with Crippen molar-refractivity contribution in [2.45, 2.75) is 25.4 Å². The van der Waals surface area contributed by atoms with Gasteiger partial charge in [-0.1, -0.05) is 41.9 Å². The molecule has 2 aliphatic rings. The first kappa shape index (κ1) is 21.8. The molecule has 2 aromatic heterocycles. The van der Waals surface area contributed by atoms with E-state index in [4.69, 9.17) is 11.6 Å². The maximum Gasteiger partial charge on any atom is 0.275 e. The second-order valence-corrected chi connectivity index (χ2v) is 9.37. The van der Waals surface area contributed by atoms with Gasteiger partial charge in [-0.05, 0) is 24.1 Å². The third kappa shape index (κ3) is 3.33. The van der Waals surface area contributed by atoms with E-state index in [0.29, 0.717) is 47.1 Å². The van der Waals surface area contributed by atoms with Gasteiger partial charge in [0.1, 0.15) is 17.0 Å². The predicted octanol–water partition coefficient (Wildman–Crippen LogP) is 3.20. The van der Waals surface area contributed by atoms with Gasteiger partial charge in [0.05, 0.1) is 23.4 Å². The van der Waals surface area contributed by atoms with Crippen molar-refractivity contribution in [1.29, 1.82) is 0 Å². The van der Waals surface area contributed by atoms with Crippen LogP contribution in [0.15, 0.2) is 42.5 Å². The maximum absolute atomic E-state index is 14.3. The lowest BCUT2D eigenvalue weighted by atomic mass is 10.0. The van der Waals surface area contributed by atoms with E-state index in [-0.39, 0.29) is 23.9 Å². The van der Waals surface area contributed by atoms with Crippen molar-refractivity contribution >= 4 is 40.0 Å². The minimum atomic E-state index is -0.785. The number of aromatic nitrogens is 4. The van der Waals surface area contributed by atoms with Gasteiger partial charge < -0.3 is 9.80 Å². The molecule has 4 aromatic rings. The zero-order valence-electron chi connectivity index (χ0n) is 19.2. The molecular formula is C25H22ClFN6O2. The van der Waals surface area contributed by atoms with Crippen LogP contribution in [0, 0.1) is 5.82 Å². The Balaban J connectivity index is 1.36. The minimum Gasteiger partial charge on any atom is -0.324 e. The van der Waals surface area contributed by atoms with Gasteiger partial charge in [0, 0.05) is 38.0 Å². The Morgan fingerprint density at radius 1 is 1.11 bits per heavy atom. The smallest absolute Gasteiger partial charge is 0.275 e. The number of rotatable bonds is 3. The van der Waals surface area contributed by atoms with E-state index in [1.165, 1.54) is 17.0 Å². The van der Waals surface area contributed by atoms with Crippen molar-refractivity contribution in [2.75, 3.05) is 18.5 Å². The van der Waals surface area contributed by atoms with Crippen LogP contribution in [0.5, 0.6) is 0 Å². The number of carbonyl (C=O) groups is 2. The molecule has 0 unspecified atom stereocenters. The molecule has 10 heteroatoms. The molecule has 0 spiro atoms. The number of carbonyl (C=O) groups excluding carboxylic acids is 2. The van der Waals surface area contributed by atoms with Crippen LogP contribution in [-0.2, 0) is 31.2 Å². The normalized spacial score (nSPS) is 17.8. The lowest BCUT2D eigenvalue weighted by Gasteiger charge is -2.34. The fraction of sp³-hybridized carbons (Fsp3) is 0.280. The highest BCUT2D eigenvalue weighted by Crippen LogP contribution is 2.36. The number of halogens is 2. The summed E-state index contributed by atoms with van der Waals surface area (Å²) in [6.45, 7) is 0.769. The number of hydrogen-bond acceptors (Lipinski definition) is 4. The molecule has 0 bridgehead atoms. The largest absolute Gasteiger partial charge is 0.324 e. The van der Waals surface area contributed by atoms with Crippen LogP contribution in [0.3, 0.4) is 0 Å². The van der Waals surface area contributed by atoms with Gasteiger partial charge in [-0.25, -0.2) is 9.07 Å². The number of nitrogens with zero attached hydrogens (tertiary/aromatic N) is 6. The number of likely N-dealkylation sites (N-methyl/N-ethyl adjacent to an activating group) is 1. The quantitative estimate of drug-likeness (QED) is 0.440. The van der Waals surface area contributed by atoms with Gasteiger partial charge in [0.2, 0.25) is 5.91 Å². The van der Waals surface area contributed by atoms with Crippen LogP contribution in [0.2, 0.25) is 5.15 Å². The highest BCUT2D eigenvalue weighted by atomic mass is 35.5. The Hall–Kier alpha value is -3.72. The monoisotopic (exact) mass is 492 g/mol. The molecule has 178 valence electrons. The maximum atomic E-state index is 14.3. The number of anilines is 1. The zero-order valence-corrected chi connectivity index (χ0v) is 20.0. The number of aryl methyl sites for hydroxylation is 1. The molecule has 8 nitrogen and oxygen atoms in total. The first-order chi connectivity index (χ1) is 16.8. The summed E-state index contributed by atoms with van der Waals surface area (Å²) >= 11 is 6.61. The van der Waals surface area contributed by atoms with E-state index in [1.807, 2.05) is 30.3 Å². The van der Waals surface area contributed by atoms with E-state index in [1.54, 1.807) is 28.4 Å². The Bertz CT molecular complexity index is 1510. The van der Waals surface area contributed by atoms with E-state index in [2.05, 4.69) is 10.2 Å². The van der Waals surface area contributed by atoms with Gasteiger partial charge in [-0.15, -0.1) is 0 Å². The van der Waals surface area contributed by atoms with Gasteiger partial charge in [0.15, 0.2) is 5.69 Å². The van der Waals surface area contributed by atoms with Crippen LogP contribution in [0.1, 0.15) is 27.3 Å². The molecule has 2 aliphatic heterocycles. The van der Waals surface area contributed by atoms with Gasteiger partial charge >= 0.3 is 0 Å². The summed E-state index contributed by atoms with van der Waals surface area (Å²) < 4.78 is 17.6. The summed E-state index contributed by atoms with van der Waals surface area (Å²) in [6.07, 6.45) is 0.722. The Morgan fingerprint density at radius 2 is 1.89 bits per heavy atom. The van der Waals surface area contributed by atoms with Crippen LogP contribution in [0.4, 0.5) is 10.1 Å². The minimum absolute atomic E-state index is 0.235. The lowest BCUT2D eigenvalue weighted by Crippen LogP contribution is -2.53. The van der Waals surface area contributed by atoms with E-state index in [9.17, 15) is 14.0 Å². The van der Waals surface area contributed by atoms with Crippen LogP contribution < -0.4 is 4.90 Å². The van der Waals surface area contributed by atoms with E-state index >= 15 is 0 Å². The molecule has 35 heavy (non-hydrogen) atoms. The fourth-order valence-electron chi connectivity index (χ4n) is 5.18. The van der Waals surface area contributed by atoms with Crippen molar-refractivity contribution in [1.82, 2.24) is 24.5 Å². The molecule has 2 amide bonds. The summed E-state index contributed by atoms with van der Waals surface area (Å²) in [6, 6.07) is 11.7.